The summed E-state index contributed by atoms with van der Waals surface area (Å²) in [6, 6.07) is 21.4. The predicted octanol–water partition coefficient (Wildman–Crippen LogP) is 6.91. The minimum absolute atomic E-state index is 0.00686. The first-order valence-corrected chi connectivity index (χ1v) is 15.7. The molecule has 2 atom stereocenters. The third-order valence-corrected chi connectivity index (χ3v) is 8.27. The van der Waals surface area contributed by atoms with E-state index in [1.54, 1.807) is 18.2 Å². The number of amides is 1. The van der Waals surface area contributed by atoms with Crippen LogP contribution >= 0.6 is 23.2 Å². The van der Waals surface area contributed by atoms with Crippen molar-refractivity contribution < 1.29 is 23.7 Å². The van der Waals surface area contributed by atoms with Gasteiger partial charge < -0.3 is 34.1 Å². The highest BCUT2D eigenvalue weighted by Gasteiger charge is 2.40. The number of nitrogens with one attached hydrogen (secondary N) is 1. The third-order valence-electron chi connectivity index (χ3n) is 7.72. The molecule has 3 aromatic carbocycles. The van der Waals surface area contributed by atoms with Gasteiger partial charge in [-0.3, -0.25) is 4.79 Å². The molecule has 0 unspecified atom stereocenters. The lowest BCUT2D eigenvalue weighted by atomic mass is 10.1. The Bertz CT molecular complexity index is 1410. The molecule has 2 fully saturated rings. The molecular weight excluding hydrogens is 601 g/mol. The van der Waals surface area contributed by atoms with Crippen molar-refractivity contribution in [2.24, 2.45) is 0 Å². The Morgan fingerprint density at radius 2 is 1.82 bits per heavy atom. The molecule has 2 aliphatic rings. The van der Waals surface area contributed by atoms with E-state index >= 15 is 0 Å². The average Bonchev–Trinajstić information content (AvgIpc) is 3.42. The molecule has 2 heterocycles. The molecule has 0 radical (unpaired) electrons. The second-order valence-corrected chi connectivity index (χ2v) is 11.8. The van der Waals surface area contributed by atoms with Crippen LogP contribution in [-0.2, 0) is 24.8 Å². The van der Waals surface area contributed by atoms with Crippen LogP contribution < -0.4 is 19.9 Å². The lowest BCUT2D eigenvalue weighted by Gasteiger charge is -2.38. The number of benzene rings is 3. The van der Waals surface area contributed by atoms with Crippen LogP contribution in [0.5, 0.6) is 5.75 Å². The number of carbonyl (C=O) groups is 1. The van der Waals surface area contributed by atoms with Crippen LogP contribution in [-0.4, -0.2) is 64.6 Å². The maximum Gasteiger partial charge on any atom is 0.224 e. The number of nitrogens with zero attached hydrogens (tertiary/aromatic N) is 2. The van der Waals surface area contributed by atoms with Crippen molar-refractivity contribution >= 4 is 46.2 Å². The molecule has 0 saturated carbocycles. The Labute approximate surface area is 269 Å². The molecule has 1 N–H and O–H groups in total. The molecule has 0 aliphatic carbocycles. The fourth-order valence-corrected chi connectivity index (χ4v) is 6.02. The molecule has 5 rings (SSSR count). The zero-order chi connectivity index (χ0) is 30.9. The van der Waals surface area contributed by atoms with Gasteiger partial charge in [0.1, 0.15) is 18.5 Å². The summed E-state index contributed by atoms with van der Waals surface area (Å²) in [6.45, 7) is 10.7. The van der Waals surface area contributed by atoms with Crippen molar-refractivity contribution in [1.82, 2.24) is 0 Å². The Morgan fingerprint density at radius 1 is 1.07 bits per heavy atom. The SMILES string of the molecule is C=CCOCCCC(=O)Nc1ccccc1N1CCN(c2ccc(OC[C@@H]3CO[C@](C)(c4ccc(Cl)cc4Cl)O3)cc2)CC1. The van der Waals surface area contributed by atoms with Gasteiger partial charge >= 0.3 is 0 Å². The lowest BCUT2D eigenvalue weighted by Crippen LogP contribution is -2.46. The molecule has 10 heteroatoms. The number of ether oxygens (including phenoxy) is 4. The van der Waals surface area contributed by atoms with E-state index in [4.69, 9.17) is 42.1 Å². The molecule has 3 aromatic rings. The van der Waals surface area contributed by atoms with E-state index in [1.165, 1.54) is 0 Å². The van der Waals surface area contributed by atoms with Crippen LogP contribution in [0.1, 0.15) is 25.3 Å². The van der Waals surface area contributed by atoms with E-state index < -0.39 is 5.79 Å². The van der Waals surface area contributed by atoms with Crippen molar-refractivity contribution in [3.8, 4) is 5.75 Å². The third kappa shape index (κ3) is 8.25. The number of piperazine rings is 1. The van der Waals surface area contributed by atoms with E-state index in [1.807, 2.05) is 43.3 Å². The molecule has 0 aromatic heterocycles. The van der Waals surface area contributed by atoms with E-state index in [0.717, 1.165) is 54.6 Å². The van der Waals surface area contributed by atoms with Crippen molar-refractivity contribution in [2.75, 3.05) is 67.7 Å². The first kappa shape index (κ1) is 32.1. The fourth-order valence-electron chi connectivity index (χ4n) is 5.44. The van der Waals surface area contributed by atoms with Crippen LogP contribution in [0, 0.1) is 0 Å². The number of hydrogen-bond donors (Lipinski definition) is 1. The van der Waals surface area contributed by atoms with Gasteiger partial charge in [-0.25, -0.2) is 0 Å². The van der Waals surface area contributed by atoms with Crippen LogP contribution in [0.4, 0.5) is 17.1 Å². The minimum atomic E-state index is -0.950. The van der Waals surface area contributed by atoms with Gasteiger partial charge in [0, 0.05) is 55.5 Å². The number of para-hydroxylation sites is 2. The topological polar surface area (TPSA) is 72.5 Å². The van der Waals surface area contributed by atoms with Gasteiger partial charge in [-0.15, -0.1) is 6.58 Å². The van der Waals surface area contributed by atoms with Crippen molar-refractivity contribution in [3.63, 3.8) is 0 Å². The van der Waals surface area contributed by atoms with E-state index in [0.29, 0.717) is 49.3 Å². The lowest BCUT2D eigenvalue weighted by molar-refractivity contribution is -0.164. The van der Waals surface area contributed by atoms with Crippen molar-refractivity contribution in [3.05, 3.63) is 95.0 Å². The summed E-state index contributed by atoms with van der Waals surface area (Å²) in [4.78, 5) is 17.2. The smallest absolute Gasteiger partial charge is 0.224 e. The highest BCUT2D eigenvalue weighted by Crippen LogP contribution is 2.39. The van der Waals surface area contributed by atoms with Crippen LogP contribution in [0.15, 0.2) is 79.4 Å². The first-order chi connectivity index (χ1) is 21.3. The van der Waals surface area contributed by atoms with Crippen LogP contribution in [0.3, 0.4) is 0 Å². The van der Waals surface area contributed by atoms with E-state index in [-0.39, 0.29) is 12.0 Å². The number of anilines is 3. The first-order valence-electron chi connectivity index (χ1n) is 14.9. The Kier molecular flexibility index (Phi) is 11.1. The van der Waals surface area contributed by atoms with Gasteiger partial charge in [-0.1, -0.05) is 47.5 Å². The van der Waals surface area contributed by atoms with Gasteiger partial charge in [0.25, 0.3) is 0 Å². The Balaban J connectivity index is 1.08. The molecule has 8 nitrogen and oxygen atoms in total. The molecule has 0 bridgehead atoms. The standard InChI is InChI=1S/C34H39Cl2N3O5/c1-3-20-41-21-6-9-33(40)37-31-7-4-5-8-32(31)39-18-16-38(17-19-39)26-11-13-27(14-12-26)42-23-28-24-43-34(2,44-28)29-15-10-25(35)22-30(29)36/h3-5,7-8,10-15,22,28H,1,6,9,16-21,23-24H2,2H3,(H,37,40)/t28-,34+/m1/s1. The zero-order valence-corrected chi connectivity index (χ0v) is 26.5. The van der Waals surface area contributed by atoms with Gasteiger partial charge in [0.05, 0.1) is 29.6 Å². The second-order valence-electron chi connectivity index (χ2n) is 10.9. The summed E-state index contributed by atoms with van der Waals surface area (Å²) in [5.74, 6) is -0.187. The Morgan fingerprint density at radius 3 is 2.57 bits per heavy atom. The van der Waals surface area contributed by atoms with Gasteiger partial charge in [-0.05, 0) is 61.9 Å². The molecule has 44 heavy (non-hydrogen) atoms. The monoisotopic (exact) mass is 639 g/mol. The summed E-state index contributed by atoms with van der Waals surface area (Å²) >= 11 is 12.4. The molecule has 1 amide bonds. The normalized spacial score (nSPS) is 20.0. The largest absolute Gasteiger partial charge is 0.491 e. The summed E-state index contributed by atoms with van der Waals surface area (Å²) in [7, 11) is 0. The van der Waals surface area contributed by atoms with Crippen molar-refractivity contribution in [2.45, 2.75) is 31.7 Å². The summed E-state index contributed by atoms with van der Waals surface area (Å²) in [5, 5.41) is 4.16. The highest BCUT2D eigenvalue weighted by atomic mass is 35.5. The number of carbonyl (C=O) groups excluding carboxylic acids is 1. The predicted molar refractivity (Wildman–Crippen MR) is 176 cm³/mol. The molecule has 2 aliphatic heterocycles. The van der Waals surface area contributed by atoms with E-state index in [2.05, 4.69) is 39.9 Å². The van der Waals surface area contributed by atoms with Gasteiger partial charge in [-0.2, -0.15) is 0 Å². The molecule has 2 saturated heterocycles. The van der Waals surface area contributed by atoms with E-state index in [9.17, 15) is 4.79 Å². The average molecular weight is 641 g/mol. The Hall–Kier alpha value is -3.27. The molecular formula is C34H39Cl2N3O5. The van der Waals surface area contributed by atoms with Crippen LogP contribution in [0.2, 0.25) is 10.0 Å². The quantitative estimate of drug-likeness (QED) is 0.161. The number of halogens is 2. The highest BCUT2D eigenvalue weighted by molar-refractivity contribution is 6.35. The van der Waals surface area contributed by atoms with Crippen LogP contribution in [0.25, 0.3) is 0 Å². The summed E-state index contributed by atoms with van der Waals surface area (Å²) < 4.78 is 23.6. The van der Waals surface area contributed by atoms with Gasteiger partial charge in [0.15, 0.2) is 5.79 Å². The number of rotatable bonds is 13. The van der Waals surface area contributed by atoms with Crippen molar-refractivity contribution in [1.29, 1.82) is 0 Å². The maximum absolute atomic E-state index is 12.5. The molecule has 234 valence electrons. The number of hydrogen-bond acceptors (Lipinski definition) is 7. The second kappa shape index (κ2) is 15.1. The van der Waals surface area contributed by atoms with Gasteiger partial charge in [0.2, 0.25) is 5.91 Å². The minimum Gasteiger partial charge on any atom is -0.491 e. The maximum atomic E-state index is 12.5. The fraction of sp³-hybridized carbons (Fsp3) is 0.382. The molecule has 0 spiro atoms. The summed E-state index contributed by atoms with van der Waals surface area (Å²) in [6.07, 6.45) is 2.56. The zero-order valence-electron chi connectivity index (χ0n) is 25.0. The summed E-state index contributed by atoms with van der Waals surface area (Å²) in [5.41, 5.74) is 3.76.